The number of benzene rings is 1. The van der Waals surface area contributed by atoms with Gasteiger partial charge in [-0.05, 0) is 62.4 Å². The second-order valence-electron chi connectivity index (χ2n) is 6.82. The first-order valence-corrected chi connectivity index (χ1v) is 8.13. The van der Waals surface area contributed by atoms with Gasteiger partial charge in [-0.3, -0.25) is 4.79 Å². The molecule has 1 unspecified atom stereocenters. The Bertz CT molecular complexity index is 538. The first kappa shape index (κ1) is 17.3. The molecular formula is C18H27ClN2O. The average Bonchev–Trinajstić information content (AvgIpc) is 3.21. The van der Waals surface area contributed by atoms with Crippen molar-refractivity contribution in [2.24, 2.45) is 11.8 Å². The van der Waals surface area contributed by atoms with Crippen molar-refractivity contribution in [2.75, 3.05) is 13.1 Å². The third kappa shape index (κ3) is 3.64. The summed E-state index contributed by atoms with van der Waals surface area (Å²) in [5, 5.41) is 3.27. The van der Waals surface area contributed by atoms with Crippen molar-refractivity contribution in [3.05, 3.63) is 34.9 Å². The van der Waals surface area contributed by atoms with E-state index in [4.69, 9.17) is 0 Å². The summed E-state index contributed by atoms with van der Waals surface area (Å²) in [6, 6.07) is 7.04. The monoisotopic (exact) mass is 322 g/mol. The van der Waals surface area contributed by atoms with Crippen LogP contribution in [0.25, 0.3) is 0 Å². The highest BCUT2D eigenvalue weighted by atomic mass is 35.5. The minimum atomic E-state index is 0. The second-order valence-corrected chi connectivity index (χ2v) is 6.82. The highest BCUT2D eigenvalue weighted by molar-refractivity contribution is 5.85. The quantitative estimate of drug-likeness (QED) is 0.903. The maximum absolute atomic E-state index is 12.8. The lowest BCUT2D eigenvalue weighted by atomic mass is 9.87. The van der Waals surface area contributed by atoms with Crippen molar-refractivity contribution in [2.45, 2.75) is 46.2 Å². The fraction of sp³-hybridized carbons (Fsp3) is 0.611. The van der Waals surface area contributed by atoms with Crippen molar-refractivity contribution in [1.29, 1.82) is 0 Å². The molecule has 0 aromatic heterocycles. The summed E-state index contributed by atoms with van der Waals surface area (Å²) < 4.78 is 0. The van der Waals surface area contributed by atoms with E-state index < -0.39 is 0 Å². The normalized spacial score (nSPS) is 19.0. The van der Waals surface area contributed by atoms with Crippen LogP contribution in [0.3, 0.4) is 0 Å². The number of carbonyl (C=O) groups excluding carboxylic acids is 1. The van der Waals surface area contributed by atoms with Crippen molar-refractivity contribution < 1.29 is 4.79 Å². The molecule has 1 aromatic carbocycles. The number of amides is 1. The van der Waals surface area contributed by atoms with E-state index in [1.807, 2.05) is 0 Å². The minimum absolute atomic E-state index is 0. The first-order chi connectivity index (χ1) is 10.1. The molecule has 2 fully saturated rings. The lowest BCUT2D eigenvalue weighted by molar-refractivity contribution is -0.138. The number of aryl methyl sites for hydroxylation is 2. The van der Waals surface area contributed by atoms with Gasteiger partial charge in [0.25, 0.3) is 0 Å². The molecule has 1 atom stereocenters. The smallest absolute Gasteiger partial charge is 0.226 e. The third-order valence-electron chi connectivity index (χ3n) is 5.10. The standard InChI is InChI=1S/C18H26N2O.ClH/c1-12-4-5-15(8-13(12)2)11-20(17-6-7-17)18(21)14(3)16-9-19-10-16;/h4-5,8,14,16-17,19H,6-7,9-11H2,1-3H3;1H. The Labute approximate surface area is 139 Å². The predicted octanol–water partition coefficient (Wildman–Crippen LogP) is 3.07. The first-order valence-electron chi connectivity index (χ1n) is 8.13. The van der Waals surface area contributed by atoms with E-state index >= 15 is 0 Å². The van der Waals surface area contributed by atoms with Crippen LogP contribution in [0.1, 0.15) is 36.5 Å². The zero-order chi connectivity index (χ0) is 15.0. The number of nitrogens with zero attached hydrogens (tertiary/aromatic N) is 1. The molecule has 1 saturated carbocycles. The van der Waals surface area contributed by atoms with E-state index in [2.05, 4.69) is 49.2 Å². The molecule has 1 aliphatic heterocycles. The van der Waals surface area contributed by atoms with E-state index in [-0.39, 0.29) is 18.3 Å². The van der Waals surface area contributed by atoms with E-state index in [0.29, 0.717) is 17.9 Å². The molecule has 0 radical (unpaired) electrons. The van der Waals surface area contributed by atoms with Gasteiger partial charge in [0.05, 0.1) is 0 Å². The van der Waals surface area contributed by atoms with Crippen LogP contribution in [-0.4, -0.2) is 29.9 Å². The average molecular weight is 323 g/mol. The maximum atomic E-state index is 12.8. The van der Waals surface area contributed by atoms with Crippen LogP contribution in [0, 0.1) is 25.7 Å². The van der Waals surface area contributed by atoms with Crippen LogP contribution in [-0.2, 0) is 11.3 Å². The van der Waals surface area contributed by atoms with Gasteiger partial charge in [0.2, 0.25) is 5.91 Å². The molecule has 3 nitrogen and oxygen atoms in total. The SMILES string of the molecule is Cc1ccc(CN(C(=O)C(C)C2CNC2)C2CC2)cc1C.Cl. The number of hydrogen-bond donors (Lipinski definition) is 1. The van der Waals surface area contributed by atoms with Gasteiger partial charge in [-0.15, -0.1) is 12.4 Å². The van der Waals surface area contributed by atoms with E-state index in [0.717, 1.165) is 19.6 Å². The third-order valence-corrected chi connectivity index (χ3v) is 5.10. The fourth-order valence-corrected chi connectivity index (χ4v) is 3.00. The Morgan fingerprint density at radius 1 is 1.27 bits per heavy atom. The van der Waals surface area contributed by atoms with Crippen LogP contribution in [0.15, 0.2) is 18.2 Å². The van der Waals surface area contributed by atoms with E-state index in [1.165, 1.54) is 29.5 Å². The second kappa shape index (κ2) is 7.01. The van der Waals surface area contributed by atoms with Crippen LogP contribution in [0.4, 0.5) is 0 Å². The number of carbonyl (C=O) groups is 1. The lowest BCUT2D eigenvalue weighted by Gasteiger charge is -2.35. The van der Waals surface area contributed by atoms with Crippen molar-refractivity contribution in [3.8, 4) is 0 Å². The Morgan fingerprint density at radius 3 is 2.45 bits per heavy atom. The van der Waals surface area contributed by atoms with Crippen molar-refractivity contribution in [1.82, 2.24) is 10.2 Å². The van der Waals surface area contributed by atoms with Crippen molar-refractivity contribution in [3.63, 3.8) is 0 Å². The molecule has 1 N–H and O–H groups in total. The highest BCUT2D eigenvalue weighted by Gasteiger charge is 2.38. The molecule has 22 heavy (non-hydrogen) atoms. The van der Waals surface area contributed by atoms with Gasteiger partial charge in [0, 0.05) is 18.5 Å². The number of rotatable bonds is 5. The summed E-state index contributed by atoms with van der Waals surface area (Å²) in [5.74, 6) is 1.03. The molecule has 1 saturated heterocycles. The molecule has 1 aromatic rings. The Balaban J connectivity index is 0.00000176. The summed E-state index contributed by atoms with van der Waals surface area (Å²) in [7, 11) is 0. The fourth-order valence-electron chi connectivity index (χ4n) is 3.00. The molecule has 0 spiro atoms. The van der Waals surface area contributed by atoms with Gasteiger partial charge in [-0.25, -0.2) is 0 Å². The molecule has 1 amide bonds. The minimum Gasteiger partial charge on any atom is -0.335 e. The van der Waals surface area contributed by atoms with E-state index in [9.17, 15) is 4.79 Å². The Morgan fingerprint density at radius 2 is 1.95 bits per heavy atom. The summed E-state index contributed by atoms with van der Waals surface area (Å²) in [6.07, 6.45) is 2.35. The van der Waals surface area contributed by atoms with Crippen molar-refractivity contribution >= 4 is 18.3 Å². The zero-order valence-corrected chi connectivity index (χ0v) is 14.6. The summed E-state index contributed by atoms with van der Waals surface area (Å²) >= 11 is 0. The van der Waals surface area contributed by atoms with Gasteiger partial charge in [0.15, 0.2) is 0 Å². The largest absolute Gasteiger partial charge is 0.335 e. The predicted molar refractivity (Wildman–Crippen MR) is 92.3 cm³/mol. The summed E-state index contributed by atoms with van der Waals surface area (Å²) in [4.78, 5) is 14.9. The zero-order valence-electron chi connectivity index (χ0n) is 13.8. The Kier molecular flexibility index (Phi) is 5.51. The molecule has 0 bridgehead atoms. The number of nitrogens with one attached hydrogen (secondary N) is 1. The van der Waals surface area contributed by atoms with Crippen LogP contribution in [0.2, 0.25) is 0 Å². The molecule has 3 rings (SSSR count). The molecule has 1 aliphatic carbocycles. The van der Waals surface area contributed by atoms with Gasteiger partial charge >= 0.3 is 0 Å². The highest BCUT2D eigenvalue weighted by Crippen LogP contribution is 2.31. The molecule has 1 heterocycles. The number of halogens is 1. The molecular weight excluding hydrogens is 296 g/mol. The van der Waals surface area contributed by atoms with Gasteiger partial charge in [-0.2, -0.15) is 0 Å². The van der Waals surface area contributed by atoms with E-state index in [1.54, 1.807) is 0 Å². The molecule has 122 valence electrons. The Hall–Kier alpha value is -1.06. The summed E-state index contributed by atoms with van der Waals surface area (Å²) in [5.41, 5.74) is 3.89. The van der Waals surface area contributed by atoms with Gasteiger partial charge in [-0.1, -0.05) is 25.1 Å². The lowest BCUT2D eigenvalue weighted by Crippen LogP contribution is -2.50. The van der Waals surface area contributed by atoms with Crippen LogP contribution in [0.5, 0.6) is 0 Å². The molecule has 2 aliphatic rings. The maximum Gasteiger partial charge on any atom is 0.226 e. The van der Waals surface area contributed by atoms with Crippen LogP contribution >= 0.6 is 12.4 Å². The van der Waals surface area contributed by atoms with Gasteiger partial charge in [0.1, 0.15) is 0 Å². The topological polar surface area (TPSA) is 32.3 Å². The van der Waals surface area contributed by atoms with Crippen LogP contribution < -0.4 is 5.32 Å². The molecule has 4 heteroatoms. The van der Waals surface area contributed by atoms with Gasteiger partial charge < -0.3 is 10.2 Å². The number of hydrogen-bond acceptors (Lipinski definition) is 2. The summed E-state index contributed by atoms with van der Waals surface area (Å²) in [6.45, 7) is 9.14.